The Labute approximate surface area is 84.6 Å². The van der Waals surface area contributed by atoms with Crippen molar-refractivity contribution >= 4 is 5.97 Å². The molecule has 0 aliphatic carbocycles. The highest BCUT2D eigenvalue weighted by Gasteiger charge is 2.10. The van der Waals surface area contributed by atoms with Crippen molar-refractivity contribution in [2.45, 2.75) is 6.92 Å². The van der Waals surface area contributed by atoms with E-state index in [0.29, 0.717) is 11.6 Å². The smallest absolute Gasteiger partial charge is 0.335 e. The Hall–Kier alpha value is -2.24. The van der Waals surface area contributed by atoms with E-state index in [-0.39, 0.29) is 11.4 Å². The molecule has 2 aromatic rings. The van der Waals surface area contributed by atoms with Crippen molar-refractivity contribution in [1.82, 2.24) is 15.1 Å². The van der Waals surface area contributed by atoms with Gasteiger partial charge in [-0.1, -0.05) is 5.16 Å². The SMILES string of the molecule is Cc1nc(-c2cc(C(=O)O)ccn2)no1. The molecule has 0 unspecified atom stereocenters. The van der Waals surface area contributed by atoms with Crippen LogP contribution < -0.4 is 0 Å². The molecule has 0 saturated heterocycles. The van der Waals surface area contributed by atoms with E-state index in [1.54, 1.807) is 6.92 Å². The van der Waals surface area contributed by atoms with Gasteiger partial charge < -0.3 is 9.63 Å². The molecule has 76 valence electrons. The number of aromatic carboxylic acids is 1. The summed E-state index contributed by atoms with van der Waals surface area (Å²) in [6, 6.07) is 2.80. The quantitative estimate of drug-likeness (QED) is 0.790. The molecule has 2 rings (SSSR count). The Morgan fingerprint density at radius 1 is 1.53 bits per heavy atom. The highest BCUT2D eigenvalue weighted by atomic mass is 16.5. The van der Waals surface area contributed by atoms with E-state index in [2.05, 4.69) is 15.1 Å². The van der Waals surface area contributed by atoms with E-state index in [1.165, 1.54) is 18.3 Å². The van der Waals surface area contributed by atoms with Crippen LogP contribution in [0.1, 0.15) is 16.2 Å². The molecule has 0 fully saturated rings. The Kier molecular flexibility index (Phi) is 2.17. The van der Waals surface area contributed by atoms with Gasteiger partial charge in [-0.3, -0.25) is 4.98 Å². The maximum absolute atomic E-state index is 10.7. The van der Waals surface area contributed by atoms with Gasteiger partial charge in [-0.2, -0.15) is 4.98 Å². The fourth-order valence-electron chi connectivity index (χ4n) is 1.09. The molecule has 0 amide bonds. The van der Waals surface area contributed by atoms with E-state index in [0.717, 1.165) is 0 Å². The number of aryl methyl sites for hydroxylation is 1. The number of pyridine rings is 1. The molecule has 0 aromatic carbocycles. The molecule has 0 radical (unpaired) electrons. The first kappa shape index (κ1) is 9.32. The maximum atomic E-state index is 10.7. The number of hydrogen-bond donors (Lipinski definition) is 1. The van der Waals surface area contributed by atoms with Crippen LogP contribution in [0.5, 0.6) is 0 Å². The van der Waals surface area contributed by atoms with Gasteiger partial charge in [0.2, 0.25) is 11.7 Å². The van der Waals surface area contributed by atoms with Crippen molar-refractivity contribution in [3.8, 4) is 11.5 Å². The van der Waals surface area contributed by atoms with Crippen LogP contribution in [0.4, 0.5) is 0 Å². The molecule has 0 saturated carbocycles. The van der Waals surface area contributed by atoms with Crippen LogP contribution >= 0.6 is 0 Å². The average molecular weight is 205 g/mol. The number of nitrogens with zero attached hydrogens (tertiary/aromatic N) is 3. The lowest BCUT2D eigenvalue weighted by atomic mass is 10.2. The predicted molar refractivity (Wildman–Crippen MR) is 49.2 cm³/mol. The highest BCUT2D eigenvalue weighted by Crippen LogP contribution is 2.13. The first-order chi connectivity index (χ1) is 7.16. The molecule has 1 N–H and O–H groups in total. The number of carboxylic acids is 1. The van der Waals surface area contributed by atoms with Gasteiger partial charge in [0.1, 0.15) is 5.69 Å². The molecule has 6 nitrogen and oxygen atoms in total. The predicted octanol–water partition coefficient (Wildman–Crippen LogP) is 1.14. The molecule has 0 aliphatic heterocycles. The second-order valence-electron chi connectivity index (χ2n) is 2.87. The summed E-state index contributed by atoms with van der Waals surface area (Å²) in [5.74, 6) is -0.318. The van der Waals surface area contributed by atoms with Gasteiger partial charge in [-0.25, -0.2) is 4.79 Å². The summed E-state index contributed by atoms with van der Waals surface area (Å²) in [5.41, 5.74) is 0.522. The third-order valence-corrected chi connectivity index (χ3v) is 1.76. The van der Waals surface area contributed by atoms with Crippen molar-refractivity contribution < 1.29 is 14.4 Å². The molecule has 0 aliphatic rings. The molecule has 2 aromatic heterocycles. The first-order valence-corrected chi connectivity index (χ1v) is 4.17. The van der Waals surface area contributed by atoms with Crippen LogP contribution in [0.2, 0.25) is 0 Å². The second-order valence-corrected chi connectivity index (χ2v) is 2.87. The summed E-state index contributed by atoms with van der Waals surface area (Å²) in [6.07, 6.45) is 1.39. The Morgan fingerprint density at radius 2 is 2.33 bits per heavy atom. The molecule has 0 bridgehead atoms. The molecule has 2 heterocycles. The van der Waals surface area contributed by atoms with E-state index in [1.807, 2.05) is 0 Å². The van der Waals surface area contributed by atoms with Gasteiger partial charge in [0.25, 0.3) is 0 Å². The number of carbonyl (C=O) groups is 1. The zero-order valence-electron chi connectivity index (χ0n) is 7.84. The fraction of sp³-hybridized carbons (Fsp3) is 0.111. The van der Waals surface area contributed by atoms with Crippen molar-refractivity contribution in [1.29, 1.82) is 0 Å². The normalized spacial score (nSPS) is 10.2. The standard InChI is InChI=1S/C9H7N3O3/c1-5-11-8(12-15-5)7-4-6(9(13)14)2-3-10-7/h2-4H,1H3,(H,13,14). The monoisotopic (exact) mass is 205 g/mol. The van der Waals surface area contributed by atoms with E-state index < -0.39 is 5.97 Å². The Morgan fingerprint density at radius 3 is 2.93 bits per heavy atom. The first-order valence-electron chi connectivity index (χ1n) is 4.17. The van der Waals surface area contributed by atoms with Crippen LogP contribution in [0.25, 0.3) is 11.5 Å². The molecular weight excluding hydrogens is 198 g/mol. The van der Waals surface area contributed by atoms with Crippen molar-refractivity contribution in [3.05, 3.63) is 29.8 Å². The lowest BCUT2D eigenvalue weighted by Crippen LogP contribution is -1.97. The van der Waals surface area contributed by atoms with Crippen molar-refractivity contribution in [2.75, 3.05) is 0 Å². The summed E-state index contributed by atoms with van der Waals surface area (Å²) in [5, 5.41) is 12.4. The summed E-state index contributed by atoms with van der Waals surface area (Å²) >= 11 is 0. The molecule has 15 heavy (non-hydrogen) atoms. The van der Waals surface area contributed by atoms with E-state index >= 15 is 0 Å². The zero-order chi connectivity index (χ0) is 10.8. The highest BCUT2D eigenvalue weighted by molar-refractivity contribution is 5.88. The summed E-state index contributed by atoms with van der Waals surface area (Å²) in [6.45, 7) is 1.65. The van der Waals surface area contributed by atoms with Crippen LogP contribution in [-0.2, 0) is 0 Å². The van der Waals surface area contributed by atoms with Crippen LogP contribution in [-0.4, -0.2) is 26.2 Å². The third kappa shape index (κ3) is 1.83. The average Bonchev–Trinajstić information content (AvgIpc) is 2.65. The Balaban J connectivity index is 2.45. The third-order valence-electron chi connectivity index (χ3n) is 1.76. The number of hydrogen-bond acceptors (Lipinski definition) is 5. The molecule has 6 heteroatoms. The zero-order valence-corrected chi connectivity index (χ0v) is 7.84. The van der Waals surface area contributed by atoms with Crippen LogP contribution in [0, 0.1) is 6.92 Å². The second kappa shape index (κ2) is 3.49. The summed E-state index contributed by atoms with van der Waals surface area (Å²) in [7, 11) is 0. The largest absolute Gasteiger partial charge is 0.478 e. The minimum atomic E-state index is -1.01. The molecular formula is C9H7N3O3. The summed E-state index contributed by atoms with van der Waals surface area (Å²) < 4.78 is 4.77. The van der Waals surface area contributed by atoms with Crippen molar-refractivity contribution in [3.63, 3.8) is 0 Å². The summed E-state index contributed by atoms with van der Waals surface area (Å²) in [4.78, 5) is 18.6. The maximum Gasteiger partial charge on any atom is 0.335 e. The minimum absolute atomic E-state index is 0.141. The number of aromatic nitrogens is 3. The van der Waals surface area contributed by atoms with Crippen molar-refractivity contribution in [2.24, 2.45) is 0 Å². The minimum Gasteiger partial charge on any atom is -0.478 e. The van der Waals surface area contributed by atoms with Crippen LogP contribution in [0.15, 0.2) is 22.9 Å². The Bertz CT molecular complexity index is 507. The fourth-order valence-corrected chi connectivity index (χ4v) is 1.09. The van der Waals surface area contributed by atoms with Gasteiger partial charge in [0.15, 0.2) is 0 Å². The van der Waals surface area contributed by atoms with E-state index in [4.69, 9.17) is 9.63 Å². The molecule has 0 spiro atoms. The van der Waals surface area contributed by atoms with Gasteiger partial charge in [-0.05, 0) is 12.1 Å². The molecule has 0 atom stereocenters. The lowest BCUT2D eigenvalue weighted by Gasteiger charge is -1.95. The van der Waals surface area contributed by atoms with E-state index in [9.17, 15) is 4.79 Å². The number of carboxylic acid groups (broad SMARTS) is 1. The lowest BCUT2D eigenvalue weighted by molar-refractivity contribution is 0.0697. The number of rotatable bonds is 2. The van der Waals surface area contributed by atoms with Gasteiger partial charge in [0.05, 0.1) is 5.56 Å². The van der Waals surface area contributed by atoms with Crippen LogP contribution in [0.3, 0.4) is 0 Å². The van der Waals surface area contributed by atoms with Gasteiger partial charge in [0, 0.05) is 13.1 Å². The van der Waals surface area contributed by atoms with Gasteiger partial charge >= 0.3 is 5.97 Å². The topological polar surface area (TPSA) is 89.1 Å². The van der Waals surface area contributed by atoms with Gasteiger partial charge in [-0.15, -0.1) is 0 Å².